The lowest BCUT2D eigenvalue weighted by Crippen LogP contribution is -2.24. The Morgan fingerprint density at radius 1 is 1.58 bits per heavy atom. The maximum Gasteiger partial charge on any atom is 0.0265 e. The van der Waals surface area contributed by atoms with Gasteiger partial charge in [-0.2, -0.15) is 0 Å². The Morgan fingerprint density at radius 2 is 2.42 bits per heavy atom. The number of nitrogens with one attached hydrogen (secondary N) is 1. The van der Waals surface area contributed by atoms with Crippen LogP contribution in [0.4, 0.5) is 0 Å². The Morgan fingerprint density at radius 3 is 3.00 bits per heavy atom. The molecule has 0 heterocycles. The molecule has 0 fully saturated rings. The molecule has 1 atom stereocenters. The van der Waals surface area contributed by atoms with Crippen LogP contribution in [0, 0.1) is 5.92 Å². The van der Waals surface area contributed by atoms with Gasteiger partial charge in [0.25, 0.3) is 0 Å². The van der Waals surface area contributed by atoms with Crippen LogP contribution in [0.5, 0.6) is 0 Å². The Labute approximate surface area is 83.1 Å². The summed E-state index contributed by atoms with van der Waals surface area (Å²) in [4.78, 5) is 0. The van der Waals surface area contributed by atoms with Crippen LogP contribution in [0.25, 0.3) is 0 Å². The molecule has 12 heavy (non-hydrogen) atoms. The first kappa shape index (κ1) is 10.0. The molecule has 0 aromatic heterocycles. The lowest BCUT2D eigenvalue weighted by Gasteiger charge is -2.17. The van der Waals surface area contributed by atoms with E-state index in [-0.39, 0.29) is 0 Å². The fourth-order valence-electron chi connectivity index (χ4n) is 1.45. The largest absolute Gasteiger partial charge is 0.312 e. The van der Waals surface area contributed by atoms with E-state index < -0.39 is 0 Å². The van der Waals surface area contributed by atoms with Crippen molar-refractivity contribution >= 4 is 15.9 Å². The Hall–Kier alpha value is -0.0800. The summed E-state index contributed by atoms with van der Waals surface area (Å²) in [6, 6.07) is 0. The smallest absolute Gasteiger partial charge is 0.0265 e. The fraction of sp³-hybridized carbons (Fsp3) is 0.600. The normalized spacial score (nSPS) is 22.6. The van der Waals surface area contributed by atoms with Gasteiger partial charge in [0.05, 0.1) is 0 Å². The van der Waals surface area contributed by atoms with Crippen molar-refractivity contribution in [3.05, 3.63) is 23.2 Å². The van der Waals surface area contributed by atoms with Crippen LogP contribution in [-0.4, -0.2) is 13.1 Å². The summed E-state index contributed by atoms with van der Waals surface area (Å²) < 4.78 is 1.04. The second kappa shape index (κ2) is 5.55. The molecule has 0 saturated carbocycles. The highest BCUT2D eigenvalue weighted by molar-refractivity contribution is 9.11. The molecule has 0 aliphatic heterocycles. The topological polar surface area (TPSA) is 12.0 Å². The van der Waals surface area contributed by atoms with Crippen LogP contribution in [0.1, 0.15) is 19.3 Å². The molecule has 68 valence electrons. The van der Waals surface area contributed by atoms with Gasteiger partial charge in [-0.25, -0.2) is 0 Å². The zero-order chi connectivity index (χ0) is 8.81. The predicted octanol–water partition coefficient (Wildman–Crippen LogP) is 2.84. The average molecular weight is 230 g/mol. The fourth-order valence-corrected chi connectivity index (χ4v) is 1.65. The molecule has 0 radical (unpaired) electrons. The minimum atomic E-state index is 0.835. The van der Waals surface area contributed by atoms with Crippen molar-refractivity contribution < 1.29 is 0 Å². The van der Waals surface area contributed by atoms with Gasteiger partial charge in [0.15, 0.2) is 0 Å². The molecule has 1 nitrogen and oxygen atoms in total. The molecule has 0 saturated heterocycles. The lowest BCUT2D eigenvalue weighted by atomic mass is 9.94. The molecule has 0 amide bonds. The van der Waals surface area contributed by atoms with Crippen LogP contribution in [-0.2, 0) is 0 Å². The summed E-state index contributed by atoms with van der Waals surface area (Å²) in [5, 5.41) is 3.37. The number of rotatable bonds is 4. The Bertz CT molecular complexity index is 175. The van der Waals surface area contributed by atoms with E-state index in [1.807, 2.05) is 0 Å². The molecule has 1 N–H and O–H groups in total. The van der Waals surface area contributed by atoms with E-state index in [0.717, 1.165) is 23.5 Å². The molecule has 1 unspecified atom stereocenters. The highest BCUT2D eigenvalue weighted by Gasteiger charge is 2.08. The highest BCUT2D eigenvalue weighted by atomic mass is 79.9. The van der Waals surface area contributed by atoms with Crippen LogP contribution >= 0.6 is 15.9 Å². The van der Waals surface area contributed by atoms with E-state index in [1.54, 1.807) is 0 Å². The Balaban J connectivity index is 2.06. The zero-order valence-corrected chi connectivity index (χ0v) is 8.94. The highest BCUT2D eigenvalue weighted by Crippen LogP contribution is 2.16. The van der Waals surface area contributed by atoms with Gasteiger partial charge >= 0.3 is 0 Å². The van der Waals surface area contributed by atoms with Crippen molar-refractivity contribution in [1.29, 1.82) is 0 Å². The monoisotopic (exact) mass is 229 g/mol. The van der Waals surface area contributed by atoms with Crippen molar-refractivity contribution in [2.45, 2.75) is 19.3 Å². The second-order valence-electron chi connectivity index (χ2n) is 3.30. The molecule has 0 aromatic rings. The van der Waals surface area contributed by atoms with Crippen molar-refractivity contribution in [2.24, 2.45) is 5.92 Å². The maximum atomic E-state index is 3.78. The first-order valence-corrected chi connectivity index (χ1v) is 5.27. The molecule has 0 bridgehead atoms. The van der Waals surface area contributed by atoms with Crippen molar-refractivity contribution in [1.82, 2.24) is 5.32 Å². The van der Waals surface area contributed by atoms with Crippen molar-refractivity contribution in [3.63, 3.8) is 0 Å². The molecule has 1 aliphatic rings. The van der Waals surface area contributed by atoms with Gasteiger partial charge in [0.1, 0.15) is 0 Å². The molecule has 0 aromatic carbocycles. The summed E-state index contributed by atoms with van der Waals surface area (Å²) in [6.45, 7) is 5.79. The number of allylic oxidation sites excluding steroid dienone is 2. The third-order valence-electron chi connectivity index (χ3n) is 2.13. The quantitative estimate of drug-likeness (QED) is 0.732. The third kappa shape index (κ3) is 4.07. The van der Waals surface area contributed by atoms with Gasteiger partial charge in [0, 0.05) is 11.0 Å². The molecule has 1 rings (SSSR count). The molecule has 2 heteroatoms. The van der Waals surface area contributed by atoms with E-state index in [1.165, 1.54) is 19.3 Å². The number of hydrogen-bond acceptors (Lipinski definition) is 1. The minimum Gasteiger partial charge on any atom is -0.312 e. The van der Waals surface area contributed by atoms with E-state index in [4.69, 9.17) is 0 Å². The molecular formula is C10H16BrN. The van der Waals surface area contributed by atoms with Crippen molar-refractivity contribution in [3.8, 4) is 0 Å². The van der Waals surface area contributed by atoms with Crippen molar-refractivity contribution in [2.75, 3.05) is 13.1 Å². The van der Waals surface area contributed by atoms with Gasteiger partial charge in [0.2, 0.25) is 0 Å². The van der Waals surface area contributed by atoms with Crippen LogP contribution in [0.3, 0.4) is 0 Å². The van der Waals surface area contributed by atoms with E-state index in [9.17, 15) is 0 Å². The SMILES string of the molecule is C=C(Br)CNCC1CC=CCC1. The summed E-state index contributed by atoms with van der Waals surface area (Å²) in [7, 11) is 0. The second-order valence-corrected chi connectivity index (χ2v) is 4.42. The number of halogens is 1. The first-order chi connectivity index (χ1) is 5.79. The van der Waals surface area contributed by atoms with Gasteiger partial charge < -0.3 is 5.32 Å². The summed E-state index contributed by atoms with van der Waals surface area (Å²) in [5.41, 5.74) is 0. The van der Waals surface area contributed by atoms with Gasteiger partial charge in [-0.15, -0.1) is 0 Å². The van der Waals surface area contributed by atoms with Crippen LogP contribution in [0.15, 0.2) is 23.2 Å². The summed E-state index contributed by atoms with van der Waals surface area (Å²) in [5.74, 6) is 0.835. The molecular weight excluding hydrogens is 214 g/mol. The minimum absolute atomic E-state index is 0.835. The Kier molecular flexibility index (Phi) is 4.62. The van der Waals surface area contributed by atoms with Crippen LogP contribution < -0.4 is 5.32 Å². The van der Waals surface area contributed by atoms with Gasteiger partial charge in [-0.3, -0.25) is 0 Å². The standard InChI is InChI=1S/C10H16BrN/c1-9(11)7-12-8-10-5-3-2-4-6-10/h2-3,10,12H,1,4-8H2. The first-order valence-electron chi connectivity index (χ1n) is 4.48. The zero-order valence-electron chi connectivity index (χ0n) is 7.35. The lowest BCUT2D eigenvalue weighted by molar-refractivity contribution is 0.451. The van der Waals surface area contributed by atoms with Crippen LogP contribution in [0.2, 0.25) is 0 Å². The maximum absolute atomic E-state index is 3.78. The summed E-state index contributed by atoms with van der Waals surface area (Å²) in [6.07, 6.45) is 8.39. The molecule has 0 spiro atoms. The third-order valence-corrected chi connectivity index (χ3v) is 2.41. The van der Waals surface area contributed by atoms with E-state index >= 15 is 0 Å². The van der Waals surface area contributed by atoms with E-state index in [2.05, 4.69) is 40.0 Å². The van der Waals surface area contributed by atoms with E-state index in [0.29, 0.717) is 0 Å². The number of hydrogen-bond donors (Lipinski definition) is 1. The summed E-state index contributed by atoms with van der Waals surface area (Å²) >= 11 is 3.33. The van der Waals surface area contributed by atoms with Gasteiger partial charge in [-0.1, -0.05) is 34.7 Å². The van der Waals surface area contributed by atoms with Gasteiger partial charge in [-0.05, 0) is 31.7 Å². The average Bonchev–Trinajstić information content (AvgIpc) is 2.05. The molecule has 1 aliphatic carbocycles. The predicted molar refractivity (Wildman–Crippen MR) is 57.4 cm³/mol.